The first-order valence-electron chi connectivity index (χ1n) is 5.68. The van der Waals surface area contributed by atoms with Crippen molar-refractivity contribution in [2.45, 2.75) is 26.1 Å². The minimum Gasteiger partial charge on any atom is -0.376 e. The molecule has 0 amide bonds. The molecule has 0 saturated carbocycles. The summed E-state index contributed by atoms with van der Waals surface area (Å²) in [5.41, 5.74) is 1.16. The lowest BCUT2D eigenvalue weighted by Gasteiger charge is -2.17. The Balaban J connectivity index is 2.46. The van der Waals surface area contributed by atoms with E-state index in [1.807, 2.05) is 32.0 Å². The molecule has 0 fully saturated rings. The van der Waals surface area contributed by atoms with Crippen LogP contribution in [0.2, 0.25) is 0 Å². The van der Waals surface area contributed by atoms with Crippen molar-refractivity contribution < 1.29 is 9.47 Å². The molecular weight excluding hydrogens is 348 g/mol. The molecule has 1 aromatic carbocycles. The zero-order valence-electron chi connectivity index (χ0n) is 10.2. The van der Waals surface area contributed by atoms with Crippen LogP contribution in [0.1, 0.15) is 25.5 Å². The van der Waals surface area contributed by atoms with Gasteiger partial charge in [-0.25, -0.2) is 0 Å². The first-order chi connectivity index (χ1) is 8.15. The molecule has 0 radical (unpaired) electrons. The third-order valence-corrected chi connectivity index (χ3v) is 3.56. The van der Waals surface area contributed by atoms with E-state index in [-0.39, 0.29) is 12.2 Å². The number of alkyl halides is 1. The van der Waals surface area contributed by atoms with Gasteiger partial charge in [-0.05, 0) is 25.5 Å². The Labute approximate surface area is 120 Å². The normalized spacial score (nSPS) is 13.0. The van der Waals surface area contributed by atoms with Crippen molar-refractivity contribution in [1.82, 2.24) is 0 Å². The van der Waals surface area contributed by atoms with Crippen molar-refractivity contribution >= 4 is 31.9 Å². The highest BCUT2D eigenvalue weighted by Crippen LogP contribution is 2.27. The third kappa shape index (κ3) is 5.51. The lowest BCUT2D eigenvalue weighted by atomic mass is 10.1. The molecule has 1 atom stereocenters. The predicted molar refractivity (Wildman–Crippen MR) is 77.7 cm³/mol. The maximum atomic E-state index is 5.81. The molecule has 0 aliphatic heterocycles. The summed E-state index contributed by atoms with van der Waals surface area (Å²) in [7, 11) is 0. The summed E-state index contributed by atoms with van der Waals surface area (Å²) in [6, 6.07) is 8.11. The maximum Gasteiger partial charge on any atom is 0.0933 e. The molecule has 0 saturated heterocycles. The average Bonchev–Trinajstić information content (AvgIpc) is 2.30. The Bertz CT molecular complexity index is 329. The van der Waals surface area contributed by atoms with E-state index in [0.29, 0.717) is 13.2 Å². The SMILES string of the molecule is CC(C)OCCOC(CBr)c1ccccc1Br. The van der Waals surface area contributed by atoms with Crippen LogP contribution >= 0.6 is 31.9 Å². The van der Waals surface area contributed by atoms with Crippen molar-refractivity contribution in [2.24, 2.45) is 0 Å². The molecule has 0 heterocycles. The van der Waals surface area contributed by atoms with E-state index >= 15 is 0 Å². The average molecular weight is 366 g/mol. The zero-order valence-corrected chi connectivity index (χ0v) is 13.3. The molecule has 96 valence electrons. The van der Waals surface area contributed by atoms with Crippen molar-refractivity contribution in [1.29, 1.82) is 0 Å². The van der Waals surface area contributed by atoms with Crippen molar-refractivity contribution in [3.63, 3.8) is 0 Å². The molecule has 0 aliphatic carbocycles. The topological polar surface area (TPSA) is 18.5 Å². The summed E-state index contributed by atoms with van der Waals surface area (Å²) in [5.74, 6) is 0. The first kappa shape index (κ1) is 15.2. The molecule has 0 bridgehead atoms. The lowest BCUT2D eigenvalue weighted by Crippen LogP contribution is -2.13. The van der Waals surface area contributed by atoms with E-state index in [4.69, 9.17) is 9.47 Å². The predicted octanol–water partition coefficient (Wildman–Crippen LogP) is 4.33. The second-order valence-electron chi connectivity index (χ2n) is 3.95. The van der Waals surface area contributed by atoms with Crippen LogP contribution in [0.3, 0.4) is 0 Å². The minimum atomic E-state index is 0.0568. The molecular formula is C13H18Br2O2. The van der Waals surface area contributed by atoms with Crippen molar-refractivity contribution in [3.05, 3.63) is 34.3 Å². The summed E-state index contributed by atoms with van der Waals surface area (Å²) in [4.78, 5) is 0. The van der Waals surface area contributed by atoms with Gasteiger partial charge in [-0.1, -0.05) is 50.1 Å². The second kappa shape index (κ2) is 8.25. The van der Waals surface area contributed by atoms with Gasteiger partial charge in [0.1, 0.15) is 0 Å². The third-order valence-electron chi connectivity index (χ3n) is 2.25. The van der Waals surface area contributed by atoms with Gasteiger partial charge in [-0.3, -0.25) is 0 Å². The van der Waals surface area contributed by atoms with Gasteiger partial charge < -0.3 is 9.47 Å². The van der Waals surface area contributed by atoms with Gasteiger partial charge in [-0.15, -0.1) is 0 Å². The van der Waals surface area contributed by atoms with Crippen LogP contribution in [-0.2, 0) is 9.47 Å². The summed E-state index contributed by atoms with van der Waals surface area (Å²) in [6.45, 7) is 5.28. The van der Waals surface area contributed by atoms with Crippen LogP contribution in [0, 0.1) is 0 Å². The highest BCUT2D eigenvalue weighted by atomic mass is 79.9. The maximum absolute atomic E-state index is 5.81. The highest BCUT2D eigenvalue weighted by molar-refractivity contribution is 9.10. The van der Waals surface area contributed by atoms with E-state index in [0.717, 1.165) is 15.4 Å². The van der Waals surface area contributed by atoms with E-state index in [1.54, 1.807) is 0 Å². The van der Waals surface area contributed by atoms with Gasteiger partial charge in [0.05, 0.1) is 25.4 Å². The van der Waals surface area contributed by atoms with Gasteiger partial charge in [0.25, 0.3) is 0 Å². The molecule has 1 rings (SSSR count). The van der Waals surface area contributed by atoms with Gasteiger partial charge in [0.2, 0.25) is 0 Å². The molecule has 17 heavy (non-hydrogen) atoms. The molecule has 0 aromatic heterocycles. The van der Waals surface area contributed by atoms with Gasteiger partial charge >= 0.3 is 0 Å². The van der Waals surface area contributed by atoms with Crippen molar-refractivity contribution in [3.8, 4) is 0 Å². The van der Waals surface area contributed by atoms with E-state index in [2.05, 4.69) is 37.9 Å². The number of ether oxygens (including phenoxy) is 2. The van der Waals surface area contributed by atoms with Crippen LogP contribution < -0.4 is 0 Å². The highest BCUT2D eigenvalue weighted by Gasteiger charge is 2.13. The minimum absolute atomic E-state index is 0.0568. The zero-order chi connectivity index (χ0) is 12.7. The largest absolute Gasteiger partial charge is 0.376 e. The fraction of sp³-hybridized carbons (Fsp3) is 0.538. The second-order valence-corrected chi connectivity index (χ2v) is 5.46. The van der Waals surface area contributed by atoms with Crippen LogP contribution in [0.15, 0.2) is 28.7 Å². The van der Waals surface area contributed by atoms with E-state index in [9.17, 15) is 0 Å². The van der Waals surface area contributed by atoms with Crippen LogP contribution in [-0.4, -0.2) is 24.6 Å². The molecule has 0 aliphatic rings. The van der Waals surface area contributed by atoms with Crippen LogP contribution in [0.5, 0.6) is 0 Å². The Morgan fingerprint density at radius 2 is 1.76 bits per heavy atom. The molecule has 0 spiro atoms. The fourth-order valence-corrected chi connectivity index (χ4v) is 2.50. The number of rotatable bonds is 7. The molecule has 4 heteroatoms. The first-order valence-corrected chi connectivity index (χ1v) is 7.60. The quantitative estimate of drug-likeness (QED) is 0.529. The Morgan fingerprint density at radius 1 is 1.12 bits per heavy atom. The molecule has 2 nitrogen and oxygen atoms in total. The number of hydrogen-bond acceptors (Lipinski definition) is 2. The van der Waals surface area contributed by atoms with Crippen LogP contribution in [0.4, 0.5) is 0 Å². The van der Waals surface area contributed by atoms with Gasteiger partial charge in [0, 0.05) is 9.80 Å². The summed E-state index contributed by atoms with van der Waals surface area (Å²) in [6.07, 6.45) is 0.311. The summed E-state index contributed by atoms with van der Waals surface area (Å²) in [5, 5.41) is 0.775. The number of benzene rings is 1. The van der Waals surface area contributed by atoms with Crippen LogP contribution in [0.25, 0.3) is 0 Å². The number of hydrogen-bond donors (Lipinski definition) is 0. The molecule has 1 aromatic rings. The molecule has 1 unspecified atom stereocenters. The fourth-order valence-electron chi connectivity index (χ4n) is 1.43. The van der Waals surface area contributed by atoms with Gasteiger partial charge in [0.15, 0.2) is 0 Å². The summed E-state index contributed by atoms with van der Waals surface area (Å²) >= 11 is 7.02. The number of halogens is 2. The van der Waals surface area contributed by atoms with E-state index in [1.165, 1.54) is 0 Å². The lowest BCUT2D eigenvalue weighted by molar-refractivity contribution is -0.00572. The Morgan fingerprint density at radius 3 is 2.35 bits per heavy atom. The monoisotopic (exact) mass is 364 g/mol. The smallest absolute Gasteiger partial charge is 0.0933 e. The Kier molecular flexibility index (Phi) is 7.35. The Hall–Kier alpha value is 0.1000. The van der Waals surface area contributed by atoms with Crippen molar-refractivity contribution in [2.75, 3.05) is 18.5 Å². The molecule has 0 N–H and O–H groups in total. The van der Waals surface area contributed by atoms with E-state index < -0.39 is 0 Å². The van der Waals surface area contributed by atoms with Gasteiger partial charge in [-0.2, -0.15) is 0 Å². The summed E-state index contributed by atoms with van der Waals surface area (Å²) < 4.78 is 12.3. The standard InChI is InChI=1S/C13H18Br2O2/c1-10(2)16-7-8-17-13(9-14)11-5-3-4-6-12(11)15/h3-6,10,13H,7-9H2,1-2H3.